The van der Waals surface area contributed by atoms with Crippen LogP contribution >= 0.6 is 11.3 Å². The van der Waals surface area contributed by atoms with Crippen LogP contribution in [0.25, 0.3) is 0 Å². The molecule has 0 unspecified atom stereocenters. The van der Waals surface area contributed by atoms with Crippen molar-refractivity contribution < 1.29 is 19.1 Å². The van der Waals surface area contributed by atoms with Crippen molar-refractivity contribution in [2.24, 2.45) is 5.92 Å². The van der Waals surface area contributed by atoms with Crippen molar-refractivity contribution in [1.82, 2.24) is 4.98 Å². The van der Waals surface area contributed by atoms with Crippen LogP contribution in [0.1, 0.15) is 54.2 Å². The molecule has 1 heterocycles. The Bertz CT molecular complexity index is 903. The molecule has 2 N–H and O–H groups in total. The van der Waals surface area contributed by atoms with E-state index in [1.807, 2.05) is 13.0 Å². The summed E-state index contributed by atoms with van der Waals surface area (Å²) in [7, 11) is 0. The van der Waals surface area contributed by atoms with Crippen molar-refractivity contribution in [1.29, 1.82) is 0 Å². The molecule has 0 radical (unpaired) electrons. The molecule has 1 saturated carbocycles. The number of aromatic nitrogens is 1. The number of hydrogen-bond acceptors (Lipinski definition) is 6. The van der Waals surface area contributed by atoms with Crippen molar-refractivity contribution in [3.05, 3.63) is 40.4 Å². The Hall–Kier alpha value is -2.74. The zero-order chi connectivity index (χ0) is 20.8. The molecule has 1 aromatic heterocycles. The third-order valence-electron chi connectivity index (χ3n) is 4.82. The second kappa shape index (κ2) is 9.65. The second-order valence-corrected chi connectivity index (χ2v) is 7.96. The lowest BCUT2D eigenvalue weighted by atomic mass is 9.94. The van der Waals surface area contributed by atoms with Crippen LogP contribution in [0.15, 0.2) is 23.6 Å². The highest BCUT2D eigenvalue weighted by atomic mass is 32.1. The monoisotopic (exact) mass is 415 g/mol. The van der Waals surface area contributed by atoms with Crippen LogP contribution in [0.5, 0.6) is 0 Å². The second-order valence-electron chi connectivity index (χ2n) is 7.10. The first-order valence-corrected chi connectivity index (χ1v) is 10.7. The number of hydrogen-bond donors (Lipinski definition) is 2. The number of Topliss-reactive ketones (excluding diaryl/α,β-unsaturated/α-hetero) is 1. The van der Waals surface area contributed by atoms with Crippen molar-refractivity contribution in [2.75, 3.05) is 17.2 Å². The molecule has 0 aliphatic heterocycles. The normalized spacial score (nSPS) is 13.9. The van der Waals surface area contributed by atoms with E-state index < -0.39 is 6.03 Å². The van der Waals surface area contributed by atoms with Crippen molar-refractivity contribution in [2.45, 2.75) is 46.0 Å². The average molecular weight is 416 g/mol. The number of nitrogens with one attached hydrogen (secondary N) is 2. The van der Waals surface area contributed by atoms with Gasteiger partial charge in [-0.3, -0.25) is 14.9 Å². The Morgan fingerprint density at radius 2 is 1.97 bits per heavy atom. The smallest absolute Gasteiger partial charge is 0.325 e. The molecule has 1 aliphatic carbocycles. The summed E-state index contributed by atoms with van der Waals surface area (Å²) in [6.07, 6.45) is 4.01. The first-order valence-electron chi connectivity index (χ1n) is 9.79. The van der Waals surface area contributed by atoms with Crippen molar-refractivity contribution >= 4 is 39.9 Å². The summed E-state index contributed by atoms with van der Waals surface area (Å²) in [6, 6.07) is 4.99. The van der Waals surface area contributed by atoms with Gasteiger partial charge in [-0.2, -0.15) is 0 Å². The fourth-order valence-corrected chi connectivity index (χ4v) is 4.15. The van der Waals surface area contributed by atoms with Gasteiger partial charge in [0.15, 0.2) is 10.9 Å². The molecule has 2 aromatic rings. The van der Waals surface area contributed by atoms with Crippen LogP contribution in [0, 0.1) is 12.8 Å². The van der Waals surface area contributed by atoms with E-state index in [4.69, 9.17) is 4.74 Å². The molecule has 154 valence electrons. The number of carbonyl (C=O) groups excluding carboxylic acids is 3. The number of ketones is 1. The van der Waals surface area contributed by atoms with Crippen LogP contribution in [-0.4, -0.2) is 29.4 Å². The fraction of sp³-hybridized carbons (Fsp3) is 0.429. The Balaban J connectivity index is 1.66. The molecule has 1 fully saturated rings. The molecule has 0 bridgehead atoms. The van der Waals surface area contributed by atoms with E-state index in [-0.39, 0.29) is 24.1 Å². The van der Waals surface area contributed by atoms with E-state index in [9.17, 15) is 14.4 Å². The standard InChI is InChI=1S/C21H25N3O4S/c1-3-28-18(25)11-15-12-29-21(22-15)24-20(27)23-17-10-13(2)8-9-16(17)19(26)14-6-4-5-7-14/h8-10,12,14H,3-7,11H2,1-2H3,(H2,22,23,24,27). The Morgan fingerprint density at radius 3 is 2.69 bits per heavy atom. The summed E-state index contributed by atoms with van der Waals surface area (Å²) >= 11 is 1.22. The maximum absolute atomic E-state index is 12.9. The number of rotatable bonds is 7. The minimum absolute atomic E-state index is 0.0331. The molecule has 1 aromatic carbocycles. The molecule has 3 rings (SSSR count). The lowest BCUT2D eigenvalue weighted by Crippen LogP contribution is -2.22. The number of carbonyl (C=O) groups is 3. The van der Waals surface area contributed by atoms with Gasteiger partial charge in [-0.05, 0) is 44.4 Å². The first-order chi connectivity index (χ1) is 14.0. The highest BCUT2D eigenvalue weighted by Crippen LogP contribution is 2.31. The molecule has 0 saturated heterocycles. The Kier molecular flexibility index (Phi) is 6.98. The average Bonchev–Trinajstić information content (AvgIpc) is 3.34. The maximum Gasteiger partial charge on any atom is 0.325 e. The van der Waals surface area contributed by atoms with E-state index in [1.165, 1.54) is 11.3 Å². The minimum Gasteiger partial charge on any atom is -0.466 e. The topological polar surface area (TPSA) is 97.4 Å². The predicted molar refractivity (Wildman–Crippen MR) is 113 cm³/mol. The number of urea groups is 1. The summed E-state index contributed by atoms with van der Waals surface area (Å²) < 4.78 is 4.90. The molecular weight excluding hydrogens is 390 g/mol. The molecular formula is C21H25N3O4S. The summed E-state index contributed by atoms with van der Waals surface area (Å²) in [5.41, 5.74) is 2.54. The number of benzene rings is 1. The SMILES string of the molecule is CCOC(=O)Cc1csc(NC(=O)Nc2cc(C)ccc2C(=O)C2CCCC2)n1. The third-order valence-corrected chi connectivity index (χ3v) is 5.62. The predicted octanol–water partition coefficient (Wildman–Crippen LogP) is 4.57. The van der Waals surface area contributed by atoms with Gasteiger partial charge in [-0.1, -0.05) is 18.9 Å². The summed E-state index contributed by atoms with van der Waals surface area (Å²) in [4.78, 5) is 41.1. The largest absolute Gasteiger partial charge is 0.466 e. The molecule has 8 heteroatoms. The summed E-state index contributed by atoms with van der Waals surface area (Å²) in [6.45, 7) is 3.97. The molecule has 7 nitrogen and oxygen atoms in total. The number of aryl methyl sites for hydroxylation is 1. The number of esters is 1. The van der Waals surface area contributed by atoms with E-state index in [0.29, 0.717) is 28.7 Å². The summed E-state index contributed by atoms with van der Waals surface area (Å²) in [5, 5.41) is 7.52. The van der Waals surface area contributed by atoms with Gasteiger partial charge in [0.2, 0.25) is 0 Å². The third kappa shape index (κ3) is 5.63. The first kappa shape index (κ1) is 21.0. The van der Waals surface area contributed by atoms with E-state index >= 15 is 0 Å². The number of ether oxygens (including phenoxy) is 1. The summed E-state index contributed by atoms with van der Waals surface area (Å²) in [5.74, 6) is -0.238. The number of nitrogens with zero attached hydrogens (tertiary/aromatic N) is 1. The molecule has 2 amide bonds. The Morgan fingerprint density at radius 1 is 1.21 bits per heavy atom. The lowest BCUT2D eigenvalue weighted by Gasteiger charge is -2.14. The Labute approximate surface area is 173 Å². The quantitative estimate of drug-likeness (QED) is 0.510. The van der Waals surface area contributed by atoms with Gasteiger partial charge in [-0.15, -0.1) is 11.3 Å². The zero-order valence-corrected chi connectivity index (χ0v) is 17.4. The van der Waals surface area contributed by atoms with Crippen molar-refractivity contribution in [3.8, 4) is 0 Å². The highest BCUT2D eigenvalue weighted by molar-refractivity contribution is 7.14. The molecule has 0 spiro atoms. The van der Waals surface area contributed by atoms with Crippen molar-refractivity contribution in [3.63, 3.8) is 0 Å². The molecule has 29 heavy (non-hydrogen) atoms. The van der Waals surface area contributed by atoms with Crippen LogP contribution in [-0.2, 0) is 16.0 Å². The number of amides is 2. The number of thiazole rings is 1. The van der Waals surface area contributed by atoms with Gasteiger partial charge in [0, 0.05) is 16.9 Å². The van der Waals surface area contributed by atoms with Crippen LogP contribution in [0.2, 0.25) is 0 Å². The van der Waals surface area contributed by atoms with Gasteiger partial charge < -0.3 is 10.1 Å². The van der Waals surface area contributed by atoms with Gasteiger partial charge in [0.05, 0.1) is 24.4 Å². The maximum atomic E-state index is 12.9. The van der Waals surface area contributed by atoms with E-state index in [1.54, 1.807) is 24.4 Å². The van der Waals surface area contributed by atoms with E-state index in [2.05, 4.69) is 15.6 Å². The van der Waals surface area contributed by atoms with Crippen LogP contribution in [0.3, 0.4) is 0 Å². The van der Waals surface area contributed by atoms with Crippen LogP contribution < -0.4 is 10.6 Å². The molecule has 1 aliphatic rings. The zero-order valence-electron chi connectivity index (χ0n) is 16.6. The van der Waals surface area contributed by atoms with Gasteiger partial charge in [0.1, 0.15) is 0 Å². The van der Waals surface area contributed by atoms with Crippen LogP contribution in [0.4, 0.5) is 15.6 Å². The van der Waals surface area contributed by atoms with Gasteiger partial charge >= 0.3 is 12.0 Å². The fourth-order valence-electron chi connectivity index (χ4n) is 3.44. The lowest BCUT2D eigenvalue weighted by molar-refractivity contribution is -0.142. The van der Waals surface area contributed by atoms with Gasteiger partial charge in [-0.25, -0.2) is 9.78 Å². The number of anilines is 2. The molecule has 0 atom stereocenters. The minimum atomic E-state index is -0.479. The van der Waals surface area contributed by atoms with Gasteiger partial charge in [0.25, 0.3) is 0 Å². The van der Waals surface area contributed by atoms with E-state index in [0.717, 1.165) is 31.2 Å². The highest BCUT2D eigenvalue weighted by Gasteiger charge is 2.26.